The largest absolute Gasteiger partial charge is 0.453 e. The van der Waals surface area contributed by atoms with Gasteiger partial charge in [-0.3, -0.25) is 4.79 Å². The lowest BCUT2D eigenvalue weighted by Gasteiger charge is -2.39. The van der Waals surface area contributed by atoms with E-state index < -0.39 is 6.09 Å². The van der Waals surface area contributed by atoms with Crippen molar-refractivity contribution in [2.45, 2.75) is 33.2 Å². The fourth-order valence-electron chi connectivity index (χ4n) is 1.22. The van der Waals surface area contributed by atoms with Gasteiger partial charge in [0.25, 0.3) is 0 Å². The van der Waals surface area contributed by atoms with Crippen molar-refractivity contribution in [2.24, 2.45) is 0 Å². The summed E-state index contributed by atoms with van der Waals surface area (Å²) in [6.07, 6.45) is 0.0823. The first-order chi connectivity index (χ1) is 7.17. The van der Waals surface area contributed by atoms with Crippen LogP contribution in [0.25, 0.3) is 0 Å². The molecule has 2 amide bonds. The zero-order valence-corrected chi connectivity index (χ0v) is 9.87. The molecule has 0 aliphatic carbocycles. The molecule has 0 unspecified atom stereocenters. The zero-order valence-electron chi connectivity index (χ0n) is 9.87. The molecule has 1 rings (SSSR count). The van der Waals surface area contributed by atoms with Gasteiger partial charge in [0.1, 0.15) is 0 Å². The molecule has 1 aliphatic rings. The number of rotatable bonds is 2. The van der Waals surface area contributed by atoms with Crippen LogP contribution in [-0.2, 0) is 9.53 Å². The van der Waals surface area contributed by atoms with Gasteiger partial charge in [-0.2, -0.15) is 0 Å². The highest BCUT2D eigenvalue weighted by atomic mass is 16.5. The quantitative estimate of drug-likeness (QED) is 0.758. The number of amides is 2. The van der Waals surface area contributed by atoms with Crippen LogP contribution in [0, 0.1) is 0 Å². The first-order valence-electron chi connectivity index (χ1n) is 5.29. The summed E-state index contributed by atoms with van der Waals surface area (Å²) >= 11 is 0. The number of hydrogen-bond donors (Lipinski definition) is 1. The Morgan fingerprint density at radius 2 is 2.00 bits per heavy atom. The molecule has 5 nitrogen and oxygen atoms in total. The molecule has 0 atom stereocenters. The van der Waals surface area contributed by atoms with Gasteiger partial charge < -0.3 is 15.0 Å². The molecular formula is C10H22N2O3. The van der Waals surface area contributed by atoms with Crippen LogP contribution in [0.4, 0.5) is 4.79 Å². The number of ether oxygens (including phenoxy) is 1. The molecule has 15 heavy (non-hydrogen) atoms. The molecule has 1 aliphatic heterocycles. The minimum absolute atomic E-state index is 0. The Hall–Kier alpha value is -1.26. The molecule has 5 heteroatoms. The predicted molar refractivity (Wildman–Crippen MR) is 59.7 cm³/mol. The molecule has 0 spiro atoms. The minimum atomic E-state index is -0.436. The number of carbonyl (C=O) groups excluding carboxylic acids is 2. The summed E-state index contributed by atoms with van der Waals surface area (Å²) in [5.41, 5.74) is 0. The average molecular weight is 218 g/mol. The van der Waals surface area contributed by atoms with E-state index in [1.165, 1.54) is 7.11 Å². The molecule has 90 valence electrons. The van der Waals surface area contributed by atoms with E-state index in [0.717, 1.165) is 0 Å². The van der Waals surface area contributed by atoms with Gasteiger partial charge in [-0.25, -0.2) is 4.79 Å². The summed E-state index contributed by atoms with van der Waals surface area (Å²) in [6, 6.07) is 0.0583. The number of alkyl carbamates (subject to hydrolysis) is 1. The van der Waals surface area contributed by atoms with E-state index in [9.17, 15) is 9.59 Å². The van der Waals surface area contributed by atoms with Gasteiger partial charge in [0.15, 0.2) is 0 Å². The van der Waals surface area contributed by atoms with Gasteiger partial charge >= 0.3 is 6.09 Å². The third kappa shape index (κ3) is 4.18. The van der Waals surface area contributed by atoms with E-state index in [0.29, 0.717) is 19.5 Å². The van der Waals surface area contributed by atoms with Crippen LogP contribution >= 0.6 is 0 Å². The highest BCUT2D eigenvalue weighted by Gasteiger charge is 2.30. The molecule has 0 saturated carbocycles. The number of likely N-dealkylation sites (tertiary alicyclic amines) is 1. The Balaban J connectivity index is 0. The van der Waals surface area contributed by atoms with Crippen molar-refractivity contribution in [3.8, 4) is 0 Å². The topological polar surface area (TPSA) is 58.6 Å². The Morgan fingerprint density at radius 1 is 1.47 bits per heavy atom. The van der Waals surface area contributed by atoms with E-state index in [4.69, 9.17) is 0 Å². The molecule has 1 heterocycles. The van der Waals surface area contributed by atoms with Gasteiger partial charge in [0, 0.05) is 20.9 Å². The van der Waals surface area contributed by atoms with E-state index in [2.05, 4.69) is 10.1 Å². The maximum absolute atomic E-state index is 11.1. The van der Waals surface area contributed by atoms with Crippen LogP contribution in [0.2, 0.25) is 0 Å². The van der Waals surface area contributed by atoms with Gasteiger partial charge in [-0.1, -0.05) is 20.8 Å². The molecule has 0 bridgehead atoms. The predicted octanol–water partition coefficient (Wildman–Crippen LogP) is 1.24. The normalized spacial score (nSPS) is 14.5. The number of nitrogens with zero attached hydrogens (tertiary/aromatic N) is 1. The van der Waals surface area contributed by atoms with Crippen molar-refractivity contribution >= 4 is 12.0 Å². The molecule has 0 aromatic carbocycles. The van der Waals surface area contributed by atoms with Crippen molar-refractivity contribution in [1.29, 1.82) is 0 Å². The second kappa shape index (κ2) is 7.09. The summed E-state index contributed by atoms with van der Waals surface area (Å²) in [7, 11) is 1.32. The maximum Gasteiger partial charge on any atom is 0.407 e. The first-order valence-corrected chi connectivity index (χ1v) is 5.29. The molecule has 0 aromatic heterocycles. The van der Waals surface area contributed by atoms with Crippen LogP contribution in [0.15, 0.2) is 0 Å². The third-order valence-electron chi connectivity index (χ3n) is 2.04. The van der Waals surface area contributed by atoms with Crippen molar-refractivity contribution < 1.29 is 15.8 Å². The van der Waals surface area contributed by atoms with E-state index in [1.807, 2.05) is 20.8 Å². The Bertz CT molecular complexity index is 218. The van der Waals surface area contributed by atoms with E-state index in [-0.39, 0.29) is 13.4 Å². The monoisotopic (exact) mass is 218 g/mol. The Labute approximate surface area is 92.3 Å². The van der Waals surface area contributed by atoms with Crippen molar-refractivity contribution in [1.82, 2.24) is 10.2 Å². The van der Waals surface area contributed by atoms with Crippen LogP contribution in [-0.4, -0.2) is 43.1 Å². The Morgan fingerprint density at radius 3 is 2.40 bits per heavy atom. The maximum atomic E-state index is 11.1. The fraction of sp³-hybridized carbons (Fsp3) is 0.800. The number of carbonyl (C=O) groups is 2. The van der Waals surface area contributed by atoms with E-state index in [1.54, 1.807) is 4.90 Å². The molecule has 0 aromatic rings. The highest BCUT2D eigenvalue weighted by Crippen LogP contribution is 2.09. The van der Waals surface area contributed by atoms with Crippen molar-refractivity contribution in [3.05, 3.63) is 0 Å². The Kier molecular flexibility index (Phi) is 6.49. The second-order valence-electron chi connectivity index (χ2n) is 2.99. The van der Waals surface area contributed by atoms with Crippen molar-refractivity contribution in [3.63, 3.8) is 0 Å². The average Bonchev–Trinajstić information content (AvgIpc) is 2.24. The van der Waals surface area contributed by atoms with Crippen LogP contribution < -0.4 is 5.32 Å². The zero-order chi connectivity index (χ0) is 11.8. The lowest BCUT2D eigenvalue weighted by Crippen LogP contribution is -2.60. The summed E-state index contributed by atoms with van der Waals surface area (Å²) in [4.78, 5) is 23.5. The molecule has 1 N–H and O–H groups in total. The highest BCUT2D eigenvalue weighted by molar-refractivity contribution is 5.77. The number of nitrogens with one attached hydrogen (secondary N) is 1. The SMILES string of the molecule is CC.CCC(=O)N1CC(NC(=O)OC)C1.[HH]. The molecule has 0 radical (unpaired) electrons. The summed E-state index contributed by atoms with van der Waals surface area (Å²) < 4.78 is 4.43. The lowest BCUT2D eigenvalue weighted by molar-refractivity contribution is -0.135. The van der Waals surface area contributed by atoms with Crippen molar-refractivity contribution in [2.75, 3.05) is 20.2 Å². The number of hydrogen-bond acceptors (Lipinski definition) is 3. The summed E-state index contributed by atoms with van der Waals surface area (Å²) in [6.45, 7) is 7.02. The number of methoxy groups -OCH3 is 1. The second-order valence-corrected chi connectivity index (χ2v) is 2.99. The van der Waals surface area contributed by atoms with Crippen LogP contribution in [0.3, 0.4) is 0 Å². The van der Waals surface area contributed by atoms with Gasteiger partial charge in [0.05, 0.1) is 13.2 Å². The lowest BCUT2D eigenvalue weighted by atomic mass is 10.1. The minimum Gasteiger partial charge on any atom is -0.453 e. The first kappa shape index (κ1) is 13.7. The standard InChI is InChI=1S/C8H14N2O3.C2H6.H2/c1-3-7(11)10-4-6(5-10)9-8(12)13-2;1-2;/h6H,3-5H2,1-2H3,(H,9,12);1-2H3;1H. The fourth-order valence-corrected chi connectivity index (χ4v) is 1.22. The van der Waals surface area contributed by atoms with E-state index >= 15 is 0 Å². The van der Waals surface area contributed by atoms with Crippen LogP contribution in [0.1, 0.15) is 28.6 Å². The summed E-state index contributed by atoms with van der Waals surface area (Å²) in [5, 5.41) is 2.62. The molecule has 1 fully saturated rings. The summed E-state index contributed by atoms with van der Waals surface area (Å²) in [5.74, 6) is 0.128. The van der Waals surface area contributed by atoms with Gasteiger partial charge in [-0.05, 0) is 0 Å². The third-order valence-corrected chi connectivity index (χ3v) is 2.04. The van der Waals surface area contributed by atoms with Crippen LogP contribution in [0.5, 0.6) is 0 Å². The molecular weight excluding hydrogens is 196 g/mol. The smallest absolute Gasteiger partial charge is 0.407 e. The van der Waals surface area contributed by atoms with Gasteiger partial charge in [0.2, 0.25) is 5.91 Å². The molecule has 1 saturated heterocycles. The van der Waals surface area contributed by atoms with Gasteiger partial charge in [-0.15, -0.1) is 0 Å².